The van der Waals surface area contributed by atoms with Gasteiger partial charge in [0.15, 0.2) is 0 Å². The maximum Gasteiger partial charge on any atom is 0.0755 e. The van der Waals surface area contributed by atoms with Crippen LogP contribution in [0.2, 0.25) is 0 Å². The van der Waals surface area contributed by atoms with E-state index in [4.69, 9.17) is 5.21 Å². The Balaban J connectivity index is 2.77. The minimum Gasteiger partial charge on any atom is -0.411 e. The van der Waals surface area contributed by atoms with Gasteiger partial charge in [0.05, 0.1) is 6.21 Å². The first kappa shape index (κ1) is 7.86. The van der Waals surface area contributed by atoms with Crippen molar-refractivity contribution < 1.29 is 5.21 Å². The van der Waals surface area contributed by atoms with E-state index in [1.165, 1.54) is 6.21 Å². The monoisotopic (exact) mass is 174 g/mol. The number of hydrogen-bond donors (Lipinski definition) is 1. The van der Waals surface area contributed by atoms with Crippen LogP contribution >= 0.6 is 0 Å². The molecule has 0 spiro atoms. The topological polar surface area (TPSA) is 37.5 Å². The third-order valence-corrected chi connectivity index (χ3v) is 2.12. The Kier molecular flexibility index (Phi) is 1.77. The molecule has 0 radical (unpaired) electrons. The molecule has 1 N–H and O–H groups in total. The fourth-order valence-electron chi connectivity index (χ4n) is 1.54. The third-order valence-electron chi connectivity index (χ3n) is 2.12. The largest absolute Gasteiger partial charge is 0.411 e. The number of aromatic nitrogens is 1. The average molecular weight is 174 g/mol. The number of hydrogen-bond acceptors (Lipinski definition) is 2. The summed E-state index contributed by atoms with van der Waals surface area (Å²) in [4.78, 5) is 0. The van der Waals surface area contributed by atoms with E-state index >= 15 is 0 Å². The van der Waals surface area contributed by atoms with Crippen LogP contribution in [0, 0.1) is 0 Å². The van der Waals surface area contributed by atoms with Crippen LogP contribution in [0.5, 0.6) is 0 Å². The van der Waals surface area contributed by atoms with Crippen molar-refractivity contribution in [2.75, 3.05) is 0 Å². The van der Waals surface area contributed by atoms with Crippen LogP contribution in [-0.4, -0.2) is 16.0 Å². The van der Waals surface area contributed by atoms with E-state index in [1.807, 2.05) is 42.1 Å². The Hall–Kier alpha value is -1.77. The van der Waals surface area contributed by atoms with Crippen LogP contribution < -0.4 is 0 Å². The Bertz CT molecular complexity index is 457. The van der Waals surface area contributed by atoms with Gasteiger partial charge in [-0.25, -0.2) is 0 Å². The fraction of sp³-hybridized carbons (Fsp3) is 0.100. The van der Waals surface area contributed by atoms with Gasteiger partial charge < -0.3 is 9.77 Å². The SMILES string of the molecule is Cn1cc(/C=N/O)c2ccccc21. The van der Waals surface area contributed by atoms with Gasteiger partial charge >= 0.3 is 0 Å². The summed E-state index contributed by atoms with van der Waals surface area (Å²) in [6.07, 6.45) is 3.38. The molecule has 0 saturated carbocycles. The molecule has 1 aromatic carbocycles. The lowest BCUT2D eigenvalue weighted by Gasteiger charge is -1.92. The molecular formula is C10H10N2O. The number of aryl methyl sites for hydroxylation is 1. The molecule has 0 atom stereocenters. The first-order valence-electron chi connectivity index (χ1n) is 4.04. The number of rotatable bonds is 1. The average Bonchev–Trinajstić information content (AvgIpc) is 2.46. The van der Waals surface area contributed by atoms with E-state index in [0.29, 0.717) is 0 Å². The molecule has 3 heteroatoms. The molecule has 0 aliphatic rings. The highest BCUT2D eigenvalue weighted by Crippen LogP contribution is 2.18. The summed E-state index contributed by atoms with van der Waals surface area (Å²) in [5.41, 5.74) is 2.07. The molecule has 1 heterocycles. The van der Waals surface area contributed by atoms with Crippen molar-refractivity contribution in [1.82, 2.24) is 4.57 Å². The zero-order chi connectivity index (χ0) is 9.26. The van der Waals surface area contributed by atoms with Crippen molar-refractivity contribution >= 4 is 17.1 Å². The molecular weight excluding hydrogens is 164 g/mol. The number of oxime groups is 1. The van der Waals surface area contributed by atoms with Crippen molar-refractivity contribution in [3.63, 3.8) is 0 Å². The molecule has 13 heavy (non-hydrogen) atoms. The lowest BCUT2D eigenvalue weighted by atomic mass is 10.2. The number of fused-ring (bicyclic) bond motifs is 1. The molecule has 0 aliphatic carbocycles. The van der Waals surface area contributed by atoms with Crippen LogP contribution in [0.25, 0.3) is 10.9 Å². The van der Waals surface area contributed by atoms with Crippen LogP contribution in [-0.2, 0) is 7.05 Å². The summed E-state index contributed by atoms with van der Waals surface area (Å²) in [7, 11) is 1.97. The predicted octanol–water partition coefficient (Wildman–Crippen LogP) is 1.99. The second-order valence-corrected chi connectivity index (χ2v) is 2.96. The van der Waals surface area contributed by atoms with Gasteiger partial charge in [0.25, 0.3) is 0 Å². The summed E-state index contributed by atoms with van der Waals surface area (Å²) < 4.78 is 2.01. The number of para-hydroxylation sites is 1. The summed E-state index contributed by atoms with van der Waals surface area (Å²) in [5, 5.41) is 12.6. The third kappa shape index (κ3) is 1.18. The summed E-state index contributed by atoms with van der Waals surface area (Å²) in [6.45, 7) is 0. The molecule has 0 saturated heterocycles. The Labute approximate surface area is 75.9 Å². The highest BCUT2D eigenvalue weighted by Gasteiger charge is 2.02. The first-order valence-corrected chi connectivity index (χ1v) is 4.04. The quantitative estimate of drug-likeness (QED) is 0.400. The van der Waals surface area contributed by atoms with E-state index in [1.54, 1.807) is 0 Å². The second-order valence-electron chi connectivity index (χ2n) is 2.96. The molecule has 0 aliphatic heterocycles. The maximum atomic E-state index is 8.45. The fourth-order valence-corrected chi connectivity index (χ4v) is 1.54. The summed E-state index contributed by atoms with van der Waals surface area (Å²) in [5.74, 6) is 0. The van der Waals surface area contributed by atoms with Crippen LogP contribution in [0.3, 0.4) is 0 Å². The van der Waals surface area contributed by atoms with E-state index in [9.17, 15) is 0 Å². The van der Waals surface area contributed by atoms with Gasteiger partial charge in [-0.1, -0.05) is 23.4 Å². The lowest BCUT2D eigenvalue weighted by molar-refractivity contribution is 0.322. The molecule has 1 aromatic heterocycles. The predicted molar refractivity (Wildman–Crippen MR) is 52.3 cm³/mol. The van der Waals surface area contributed by atoms with E-state index in [0.717, 1.165) is 16.5 Å². The van der Waals surface area contributed by atoms with Crippen LogP contribution in [0.1, 0.15) is 5.56 Å². The van der Waals surface area contributed by atoms with E-state index < -0.39 is 0 Å². The second kappa shape index (κ2) is 2.94. The van der Waals surface area contributed by atoms with Gasteiger partial charge in [0, 0.05) is 29.7 Å². The molecule has 2 rings (SSSR count). The van der Waals surface area contributed by atoms with Gasteiger partial charge in [-0.3, -0.25) is 0 Å². The number of nitrogens with zero attached hydrogens (tertiary/aromatic N) is 2. The molecule has 0 fully saturated rings. The van der Waals surface area contributed by atoms with Crippen LogP contribution in [0.4, 0.5) is 0 Å². The molecule has 0 amide bonds. The Morgan fingerprint density at radius 1 is 1.38 bits per heavy atom. The minimum absolute atomic E-state index is 0.931. The molecule has 3 nitrogen and oxygen atoms in total. The van der Waals surface area contributed by atoms with Crippen molar-refractivity contribution in [2.24, 2.45) is 12.2 Å². The molecule has 0 bridgehead atoms. The van der Waals surface area contributed by atoms with Gasteiger partial charge in [-0.15, -0.1) is 0 Å². The summed E-state index contributed by atoms with van der Waals surface area (Å²) >= 11 is 0. The highest BCUT2D eigenvalue weighted by atomic mass is 16.4. The zero-order valence-corrected chi connectivity index (χ0v) is 7.31. The smallest absolute Gasteiger partial charge is 0.0755 e. The van der Waals surface area contributed by atoms with E-state index in [2.05, 4.69) is 5.16 Å². The van der Waals surface area contributed by atoms with Crippen LogP contribution in [0.15, 0.2) is 35.6 Å². The van der Waals surface area contributed by atoms with Crippen molar-refractivity contribution in [3.05, 3.63) is 36.0 Å². The van der Waals surface area contributed by atoms with Crippen molar-refractivity contribution in [3.8, 4) is 0 Å². The Morgan fingerprint density at radius 2 is 2.15 bits per heavy atom. The lowest BCUT2D eigenvalue weighted by Crippen LogP contribution is -1.81. The number of benzene rings is 1. The molecule has 0 unspecified atom stereocenters. The van der Waals surface area contributed by atoms with Gasteiger partial charge in [-0.05, 0) is 6.07 Å². The normalized spacial score (nSPS) is 11.5. The highest BCUT2D eigenvalue weighted by molar-refractivity contribution is 5.99. The maximum absolute atomic E-state index is 8.45. The van der Waals surface area contributed by atoms with Crippen molar-refractivity contribution in [1.29, 1.82) is 0 Å². The Morgan fingerprint density at radius 3 is 2.92 bits per heavy atom. The molecule has 66 valence electrons. The molecule has 2 aromatic rings. The van der Waals surface area contributed by atoms with Gasteiger partial charge in [0.2, 0.25) is 0 Å². The first-order chi connectivity index (χ1) is 6.33. The van der Waals surface area contributed by atoms with Crippen molar-refractivity contribution in [2.45, 2.75) is 0 Å². The summed E-state index contributed by atoms with van der Waals surface area (Å²) in [6, 6.07) is 8.00. The van der Waals surface area contributed by atoms with Gasteiger partial charge in [-0.2, -0.15) is 0 Å². The standard InChI is InChI=1S/C10H10N2O/c1-12-7-8(6-11-13)9-4-2-3-5-10(9)12/h2-7,13H,1H3/b11-6+. The van der Waals surface area contributed by atoms with Gasteiger partial charge in [0.1, 0.15) is 0 Å². The zero-order valence-electron chi connectivity index (χ0n) is 7.31. The van der Waals surface area contributed by atoms with E-state index in [-0.39, 0.29) is 0 Å². The minimum atomic E-state index is 0.931.